The second kappa shape index (κ2) is 49.8. The molecule has 26 rings (SSSR count). The van der Waals surface area contributed by atoms with Gasteiger partial charge in [-0.1, -0.05) is 315 Å². The molecular formula is C125H82Cl4N12O4Pd4. The molecule has 15 aromatic carbocycles. The van der Waals surface area contributed by atoms with E-state index in [9.17, 15) is 0 Å². The SMILES string of the molecule is Cn1c(-n2c3[c-]c(-c4cc(-c5ccc(-c6ccccc6)cc5)ccn4)ccc3c3ccccc32)nc2ccccc21.[Cl][Pd+].[Cl][Pd+].[Cl][Pd+].[Cl][Pd+].[c-]1c(-c2cc(-c3ccc(-c4ccccc4)cc3)ccn2)cccc1-n1c2ccccc2c2ocnc21.[c-]1c(Oc2ccccn2)ccn1-c1cc(-c2ccc(-c3ccccc3)cc2)ccn1.[c-]1c(Oc2nc3ccccc3o2)cccc1-c1cc(-c2ccc(-c3ccccc3)cc2)ccn1. The Morgan fingerprint density at radius 1 is 0.295 bits per heavy atom. The van der Waals surface area contributed by atoms with E-state index in [0.29, 0.717) is 23.0 Å². The van der Waals surface area contributed by atoms with Crippen molar-refractivity contribution in [1.82, 2.24) is 58.1 Å². The zero-order valence-corrected chi connectivity index (χ0v) is 88.1. The van der Waals surface area contributed by atoms with E-state index in [1.165, 1.54) is 56.3 Å². The average molecular weight is 2380 g/mol. The second-order valence-corrected chi connectivity index (χ2v) is 33.6. The monoisotopic (exact) mass is 2380 g/mol. The first kappa shape index (κ1) is 102. The fraction of sp³-hybridized carbons (Fsp3) is 0.00800. The third kappa shape index (κ3) is 23.7. The van der Waals surface area contributed by atoms with Crippen LogP contribution in [0.15, 0.2) is 489 Å². The fourth-order valence-corrected chi connectivity index (χ4v) is 17.8. The molecule has 0 fully saturated rings. The molecule has 0 saturated carbocycles. The molecule has 0 unspecified atom stereocenters. The van der Waals surface area contributed by atoms with Crippen LogP contribution in [0.1, 0.15) is 0 Å². The van der Waals surface area contributed by atoms with Crippen LogP contribution in [-0.4, -0.2) is 58.1 Å². The van der Waals surface area contributed by atoms with Gasteiger partial charge in [-0.3, -0.25) is 9.55 Å². The van der Waals surface area contributed by atoms with Gasteiger partial charge in [-0.25, -0.2) is 9.97 Å². The van der Waals surface area contributed by atoms with Crippen molar-refractivity contribution in [2.75, 3.05) is 0 Å². The Hall–Kier alpha value is -15.5. The Bertz CT molecular complexity index is 8930. The fourth-order valence-electron chi connectivity index (χ4n) is 17.8. The molecule has 0 radical (unpaired) electrons. The van der Waals surface area contributed by atoms with Gasteiger partial charge in [0, 0.05) is 55.0 Å². The number of rotatable bonds is 18. The van der Waals surface area contributed by atoms with E-state index < -0.39 is 0 Å². The number of fused-ring (bicyclic) bond motifs is 8. The van der Waals surface area contributed by atoms with Crippen molar-refractivity contribution in [3.63, 3.8) is 0 Å². The summed E-state index contributed by atoms with van der Waals surface area (Å²) in [5.41, 5.74) is 33.0. The molecule has 0 amide bonds. The Balaban J connectivity index is 0.000000123. The molecule has 0 bridgehead atoms. The molecule has 24 heteroatoms. The first-order valence-corrected chi connectivity index (χ1v) is 54.7. The number of hydrogen-bond donors (Lipinski definition) is 0. The minimum Gasteiger partial charge on any atom is -0.458 e. The maximum absolute atomic E-state index is 5.83. The molecule has 0 aliphatic rings. The van der Waals surface area contributed by atoms with Crippen molar-refractivity contribution >= 4 is 104 Å². The number of aromatic nitrogens is 12. The molecular weight excluding hydrogens is 2300 g/mol. The topological polar surface area (TPSA) is 168 Å². The van der Waals surface area contributed by atoms with Gasteiger partial charge in [0.15, 0.2) is 23.2 Å². The molecule has 0 spiro atoms. The summed E-state index contributed by atoms with van der Waals surface area (Å²) in [6.07, 6.45) is 15.8. The van der Waals surface area contributed by atoms with Crippen molar-refractivity contribution in [3.05, 3.63) is 505 Å². The minimum absolute atomic E-state index is 0.190. The normalized spacial score (nSPS) is 10.7. The summed E-state index contributed by atoms with van der Waals surface area (Å²) in [6, 6.07) is 159. The van der Waals surface area contributed by atoms with Gasteiger partial charge in [-0.05, 0) is 202 Å². The van der Waals surface area contributed by atoms with Gasteiger partial charge in [-0.15, -0.1) is 89.6 Å². The van der Waals surface area contributed by atoms with Gasteiger partial charge in [0.1, 0.15) is 5.52 Å². The largest absolute Gasteiger partial charge is 0.458 e. The Labute approximate surface area is 919 Å². The van der Waals surface area contributed by atoms with Gasteiger partial charge in [0.2, 0.25) is 11.8 Å². The number of halogens is 4. The van der Waals surface area contributed by atoms with Crippen LogP contribution in [0, 0.1) is 24.4 Å². The quantitative estimate of drug-likeness (QED) is 0.0590. The molecule has 149 heavy (non-hydrogen) atoms. The zero-order chi connectivity index (χ0) is 102. The van der Waals surface area contributed by atoms with E-state index in [4.69, 9.17) is 28.3 Å². The smallest absolute Gasteiger partial charge is 0.398 e. The Morgan fingerprint density at radius 2 is 0.725 bits per heavy atom. The standard InChI is InChI=1S/C37H25N4.C32H20N3O.C30H19N2O2.C26H18N3O.4ClH.4Pd/c1-40-35-14-8-6-12-32(35)39-37(40)41-34-13-7-5-11-30(34)31-20-19-29(24-36(31)41)33-23-28(21-22-38-33)27-17-15-26(16-18-27)25-9-3-2-4-10-25;1-2-7-22(8-3-1)23-13-15-24(16-14-23)25-17-18-33-29(20-25)26-9-6-10-27(19-26)35-30-12-5-4-11-28(30)31-32(35)34-21-36-31;1-2-7-21(8-3-1)22-13-15-23(16-14-22)24-17-18-31-28(20-24)25-9-6-10-26(19-25)33-30-32-27-11-4-5-12-29(27)34-30;1-2-6-20(7-3-1)21-9-11-22(12-10-21)23-13-16-27-25(18-23)29-17-14-24(19-29)30-26-8-4-5-15-28-26;;;;;;;;/h2-23H,1H3;1-18,20-21H;1-18,20H;1-18H;4*1H;;;;/q4*-1;;;;;4*+2/p-4. The van der Waals surface area contributed by atoms with Gasteiger partial charge < -0.3 is 47.0 Å². The number of pyridine rings is 5. The van der Waals surface area contributed by atoms with Gasteiger partial charge in [0.25, 0.3) is 0 Å². The summed E-state index contributed by atoms with van der Waals surface area (Å²) in [4.78, 5) is 36.5. The van der Waals surface area contributed by atoms with Crippen molar-refractivity contribution in [2.24, 2.45) is 7.05 Å². The van der Waals surface area contributed by atoms with Crippen LogP contribution in [0.2, 0.25) is 0 Å². The number of nitrogens with zero attached hydrogens (tertiary/aromatic N) is 12. The van der Waals surface area contributed by atoms with Crippen LogP contribution in [0.5, 0.6) is 23.5 Å². The molecule has 0 saturated heterocycles. The van der Waals surface area contributed by atoms with Crippen molar-refractivity contribution < 1.29 is 91.0 Å². The summed E-state index contributed by atoms with van der Waals surface area (Å²) >= 11 is 8.89. The van der Waals surface area contributed by atoms with Gasteiger partial charge in [0.05, 0.1) is 33.9 Å². The van der Waals surface area contributed by atoms with Crippen LogP contribution < -0.4 is 9.47 Å². The molecule has 0 aliphatic carbocycles. The number of benzene rings is 15. The van der Waals surface area contributed by atoms with E-state index in [1.807, 2.05) is 187 Å². The second-order valence-electron chi connectivity index (χ2n) is 33.6. The minimum atomic E-state index is 0.190. The van der Waals surface area contributed by atoms with Crippen LogP contribution in [0.25, 0.3) is 206 Å². The summed E-state index contributed by atoms with van der Waals surface area (Å²) in [6.45, 7) is 0. The predicted octanol–water partition coefficient (Wildman–Crippen LogP) is 33.6. The van der Waals surface area contributed by atoms with Gasteiger partial charge >= 0.3 is 117 Å². The maximum atomic E-state index is 5.83. The first-order valence-electron chi connectivity index (χ1n) is 46.7. The Morgan fingerprint density at radius 3 is 1.23 bits per heavy atom. The summed E-state index contributed by atoms with van der Waals surface area (Å²) in [5, 5.41) is 3.35. The van der Waals surface area contributed by atoms with E-state index in [2.05, 4.69) is 471 Å². The number of para-hydroxylation sites is 6. The van der Waals surface area contributed by atoms with Crippen molar-refractivity contribution in [2.45, 2.75) is 0 Å². The maximum Gasteiger partial charge on any atom is 0.398 e. The molecule has 26 aromatic rings. The van der Waals surface area contributed by atoms with Crippen LogP contribution in [0.3, 0.4) is 0 Å². The number of imidazole rings is 1. The Kier molecular flexibility index (Phi) is 34.1. The third-order valence-electron chi connectivity index (χ3n) is 24.8. The number of oxazole rings is 2. The van der Waals surface area contributed by atoms with Crippen LogP contribution in [0.4, 0.5) is 0 Å². The number of hydrogen-bond acceptors (Lipinski definition) is 12. The molecule has 11 aromatic heterocycles. The van der Waals surface area contributed by atoms with Crippen LogP contribution >= 0.6 is 38.1 Å². The van der Waals surface area contributed by atoms with Crippen LogP contribution in [-0.2, 0) is 79.8 Å². The first-order chi connectivity index (χ1) is 73.8. The predicted molar refractivity (Wildman–Crippen MR) is 586 cm³/mol. The van der Waals surface area contributed by atoms with Crippen molar-refractivity contribution in [1.29, 1.82) is 0 Å². The zero-order valence-electron chi connectivity index (χ0n) is 78.9. The van der Waals surface area contributed by atoms with Gasteiger partial charge in [-0.2, -0.15) is 9.97 Å². The molecule has 0 N–H and O–H groups in total. The van der Waals surface area contributed by atoms with E-state index in [-0.39, 0.29) is 6.08 Å². The molecule has 11 heterocycles. The van der Waals surface area contributed by atoms with E-state index >= 15 is 0 Å². The number of aryl methyl sites for hydroxylation is 1. The van der Waals surface area contributed by atoms with Crippen molar-refractivity contribution in [3.8, 4) is 164 Å². The van der Waals surface area contributed by atoms with E-state index in [1.54, 1.807) is 6.20 Å². The molecule has 0 atom stereocenters. The molecule has 0 aliphatic heterocycles. The number of ether oxygens (including phenoxy) is 2. The van der Waals surface area contributed by atoms with E-state index in [0.717, 1.165) is 151 Å². The molecule has 16 nitrogen and oxygen atoms in total. The molecule has 734 valence electrons. The third-order valence-corrected chi connectivity index (χ3v) is 24.8. The summed E-state index contributed by atoms with van der Waals surface area (Å²) < 4.78 is 31.2. The average Bonchev–Trinajstić information content (AvgIpc) is 1.57. The summed E-state index contributed by atoms with van der Waals surface area (Å²) in [5.74, 6) is 3.28. The summed E-state index contributed by atoms with van der Waals surface area (Å²) in [7, 11) is 20.0.